The maximum Gasteiger partial charge on any atom is 0.251 e. The topological polar surface area (TPSA) is 38.3 Å². The molecule has 0 radical (unpaired) electrons. The summed E-state index contributed by atoms with van der Waals surface area (Å²) in [5, 5.41) is 2.69. The third-order valence-electron chi connectivity index (χ3n) is 3.30. The molecule has 0 spiro atoms. The van der Waals surface area contributed by atoms with Crippen molar-refractivity contribution in [1.29, 1.82) is 0 Å². The minimum atomic E-state index is -0.678. The normalized spacial score (nSPS) is 12.0. The summed E-state index contributed by atoms with van der Waals surface area (Å²) in [6.07, 6.45) is 0. The Bertz CT molecular complexity index is 656. The summed E-state index contributed by atoms with van der Waals surface area (Å²) < 4.78 is 31.6. The van der Waals surface area contributed by atoms with Gasteiger partial charge in [-0.15, -0.1) is 0 Å². The molecule has 0 heterocycles. The van der Waals surface area contributed by atoms with Gasteiger partial charge in [0.05, 0.1) is 12.6 Å². The highest BCUT2D eigenvalue weighted by atomic mass is 19.1. The second-order valence-corrected chi connectivity index (χ2v) is 4.99. The van der Waals surface area contributed by atoms with Crippen molar-refractivity contribution in [3.63, 3.8) is 0 Å². The first-order chi connectivity index (χ1) is 10.5. The van der Waals surface area contributed by atoms with Crippen molar-refractivity contribution in [2.45, 2.75) is 19.6 Å². The van der Waals surface area contributed by atoms with Gasteiger partial charge < -0.3 is 10.1 Å². The number of benzene rings is 2. The lowest BCUT2D eigenvalue weighted by molar-refractivity contribution is 0.0939. The Hall–Kier alpha value is -2.27. The maximum absolute atomic E-state index is 13.7. The molecule has 0 aromatic heterocycles. The number of hydrogen-bond donors (Lipinski definition) is 1. The van der Waals surface area contributed by atoms with E-state index in [1.165, 1.54) is 12.1 Å². The number of hydrogen-bond acceptors (Lipinski definition) is 2. The molecular weight excluding hydrogens is 288 g/mol. The molecule has 0 aliphatic rings. The van der Waals surface area contributed by atoms with Crippen molar-refractivity contribution in [1.82, 2.24) is 5.32 Å². The number of carbonyl (C=O) groups excluding carboxylic acids is 1. The van der Waals surface area contributed by atoms with Crippen LogP contribution in [0.2, 0.25) is 0 Å². The van der Waals surface area contributed by atoms with Gasteiger partial charge in [0.15, 0.2) is 0 Å². The van der Waals surface area contributed by atoms with Crippen LogP contribution in [0.5, 0.6) is 0 Å². The van der Waals surface area contributed by atoms with Crippen LogP contribution in [0.4, 0.5) is 8.78 Å². The third kappa shape index (κ3) is 3.89. The fourth-order valence-corrected chi connectivity index (χ4v) is 2.13. The molecule has 0 aliphatic carbocycles. The number of ether oxygens (including phenoxy) is 1. The Morgan fingerprint density at radius 2 is 1.86 bits per heavy atom. The molecule has 0 fully saturated rings. The molecule has 5 heteroatoms. The molecule has 1 amide bonds. The first-order valence-corrected chi connectivity index (χ1v) is 6.85. The predicted molar refractivity (Wildman–Crippen MR) is 79.4 cm³/mol. The quantitative estimate of drug-likeness (QED) is 0.916. The van der Waals surface area contributed by atoms with Gasteiger partial charge in [0, 0.05) is 24.3 Å². The highest BCUT2D eigenvalue weighted by molar-refractivity contribution is 5.94. The van der Waals surface area contributed by atoms with Gasteiger partial charge in [-0.2, -0.15) is 0 Å². The third-order valence-corrected chi connectivity index (χ3v) is 3.30. The molecule has 2 aromatic rings. The van der Waals surface area contributed by atoms with Gasteiger partial charge in [-0.05, 0) is 30.7 Å². The Labute approximate surface area is 127 Å². The standard InChI is InChI=1S/C17H17F2NO2/c1-11(15-8-7-14(18)9-16(15)19)20-17(21)13-5-3-12(4-6-13)10-22-2/h3-9,11H,10H2,1-2H3,(H,20,21). The summed E-state index contributed by atoms with van der Waals surface area (Å²) in [5.41, 5.74) is 1.66. The summed E-state index contributed by atoms with van der Waals surface area (Å²) in [5.74, 6) is -1.64. The largest absolute Gasteiger partial charge is 0.380 e. The van der Waals surface area contributed by atoms with Gasteiger partial charge in [0.1, 0.15) is 11.6 Å². The van der Waals surface area contributed by atoms with Crippen molar-refractivity contribution in [3.8, 4) is 0 Å². The zero-order valence-electron chi connectivity index (χ0n) is 12.4. The Balaban J connectivity index is 2.07. The molecule has 2 aromatic carbocycles. The molecule has 0 saturated heterocycles. The molecule has 1 N–H and O–H groups in total. The number of amides is 1. The number of nitrogens with one attached hydrogen (secondary N) is 1. The molecule has 0 saturated carbocycles. The fourth-order valence-electron chi connectivity index (χ4n) is 2.13. The molecule has 2 rings (SSSR count). The van der Waals surface area contributed by atoms with Crippen molar-refractivity contribution in [2.24, 2.45) is 0 Å². The summed E-state index contributed by atoms with van der Waals surface area (Å²) >= 11 is 0. The first kappa shape index (κ1) is 16.1. The van der Waals surface area contributed by atoms with E-state index in [2.05, 4.69) is 5.32 Å². The van der Waals surface area contributed by atoms with Gasteiger partial charge in [0.25, 0.3) is 5.91 Å². The van der Waals surface area contributed by atoms with E-state index in [1.54, 1.807) is 38.3 Å². The van der Waals surface area contributed by atoms with E-state index in [4.69, 9.17) is 4.74 Å². The van der Waals surface area contributed by atoms with Crippen LogP contribution in [0.15, 0.2) is 42.5 Å². The van der Waals surface area contributed by atoms with E-state index in [9.17, 15) is 13.6 Å². The van der Waals surface area contributed by atoms with E-state index < -0.39 is 17.7 Å². The molecule has 116 valence electrons. The molecular formula is C17H17F2NO2. The minimum absolute atomic E-state index is 0.241. The second kappa shape index (κ2) is 7.13. The molecule has 3 nitrogen and oxygen atoms in total. The second-order valence-electron chi connectivity index (χ2n) is 4.99. The SMILES string of the molecule is COCc1ccc(C(=O)NC(C)c2ccc(F)cc2F)cc1. The Morgan fingerprint density at radius 1 is 1.18 bits per heavy atom. The van der Waals surface area contributed by atoms with E-state index in [0.717, 1.165) is 11.6 Å². The monoisotopic (exact) mass is 305 g/mol. The van der Waals surface area contributed by atoms with Crippen LogP contribution in [0.3, 0.4) is 0 Å². The summed E-state index contributed by atoms with van der Waals surface area (Å²) in [4.78, 5) is 12.1. The lowest BCUT2D eigenvalue weighted by Gasteiger charge is -2.15. The average Bonchev–Trinajstić information content (AvgIpc) is 2.48. The Kier molecular flexibility index (Phi) is 5.22. The molecule has 1 unspecified atom stereocenters. The number of carbonyl (C=O) groups is 1. The molecule has 1 atom stereocenters. The first-order valence-electron chi connectivity index (χ1n) is 6.85. The van der Waals surface area contributed by atoms with Crippen LogP contribution >= 0.6 is 0 Å². The molecule has 0 bridgehead atoms. The minimum Gasteiger partial charge on any atom is -0.380 e. The number of methoxy groups -OCH3 is 1. The fraction of sp³-hybridized carbons (Fsp3) is 0.235. The highest BCUT2D eigenvalue weighted by Gasteiger charge is 2.15. The van der Waals surface area contributed by atoms with Crippen LogP contribution < -0.4 is 5.32 Å². The van der Waals surface area contributed by atoms with Crippen LogP contribution in [0, 0.1) is 11.6 Å². The zero-order chi connectivity index (χ0) is 16.1. The van der Waals surface area contributed by atoms with Crippen LogP contribution in [-0.2, 0) is 11.3 Å². The van der Waals surface area contributed by atoms with Gasteiger partial charge in [-0.3, -0.25) is 4.79 Å². The number of rotatable bonds is 5. The van der Waals surface area contributed by atoms with Crippen LogP contribution in [0.25, 0.3) is 0 Å². The average molecular weight is 305 g/mol. The van der Waals surface area contributed by atoms with Gasteiger partial charge in [-0.25, -0.2) is 8.78 Å². The van der Waals surface area contributed by atoms with Crippen molar-refractivity contribution >= 4 is 5.91 Å². The van der Waals surface area contributed by atoms with Gasteiger partial charge >= 0.3 is 0 Å². The predicted octanol–water partition coefficient (Wildman–Crippen LogP) is 3.60. The molecule has 0 aliphatic heterocycles. The van der Waals surface area contributed by atoms with Gasteiger partial charge in [-0.1, -0.05) is 18.2 Å². The van der Waals surface area contributed by atoms with E-state index in [1.807, 2.05) is 0 Å². The zero-order valence-corrected chi connectivity index (χ0v) is 12.4. The van der Waals surface area contributed by atoms with E-state index >= 15 is 0 Å². The lowest BCUT2D eigenvalue weighted by Crippen LogP contribution is -2.27. The van der Waals surface area contributed by atoms with Crippen molar-refractivity contribution in [3.05, 3.63) is 70.8 Å². The summed E-state index contributed by atoms with van der Waals surface area (Å²) in [6.45, 7) is 2.12. The Morgan fingerprint density at radius 3 is 2.45 bits per heavy atom. The maximum atomic E-state index is 13.7. The van der Waals surface area contributed by atoms with Gasteiger partial charge in [0.2, 0.25) is 0 Å². The lowest BCUT2D eigenvalue weighted by atomic mass is 10.1. The van der Waals surface area contributed by atoms with Crippen molar-refractivity contribution in [2.75, 3.05) is 7.11 Å². The number of halogens is 2. The summed E-state index contributed by atoms with van der Waals surface area (Å²) in [7, 11) is 1.60. The van der Waals surface area contributed by atoms with E-state index in [-0.39, 0.29) is 11.5 Å². The smallest absolute Gasteiger partial charge is 0.251 e. The van der Waals surface area contributed by atoms with E-state index in [0.29, 0.717) is 12.2 Å². The summed E-state index contributed by atoms with van der Waals surface area (Å²) in [6, 6.07) is 9.68. The van der Waals surface area contributed by atoms with Crippen molar-refractivity contribution < 1.29 is 18.3 Å². The highest BCUT2D eigenvalue weighted by Crippen LogP contribution is 2.18. The van der Waals surface area contributed by atoms with Crippen LogP contribution in [0.1, 0.15) is 34.5 Å². The van der Waals surface area contributed by atoms with Crippen LogP contribution in [-0.4, -0.2) is 13.0 Å². The molecule has 22 heavy (non-hydrogen) atoms.